The van der Waals surface area contributed by atoms with Gasteiger partial charge in [0, 0.05) is 12.6 Å². The van der Waals surface area contributed by atoms with Crippen LogP contribution >= 0.6 is 0 Å². The zero-order valence-corrected chi connectivity index (χ0v) is 14.7. The van der Waals surface area contributed by atoms with Gasteiger partial charge in [0.2, 0.25) is 0 Å². The maximum atomic E-state index is 10.7. The summed E-state index contributed by atoms with van der Waals surface area (Å²) in [6.07, 6.45) is 0.0354. The Morgan fingerprint density at radius 1 is 1.22 bits per heavy atom. The van der Waals surface area contributed by atoms with Gasteiger partial charge in [0.25, 0.3) is 0 Å². The molecule has 0 bridgehead atoms. The topological polar surface area (TPSA) is 64.8 Å². The van der Waals surface area contributed by atoms with Crippen molar-refractivity contribution in [3.63, 3.8) is 0 Å². The molecule has 0 radical (unpaired) electrons. The highest BCUT2D eigenvalue weighted by Gasteiger charge is 2.28. The average Bonchev–Trinajstić information content (AvgIpc) is 2.47. The number of carbonyl (C=O) groups is 1. The normalized spacial score (nSPS) is 13.1. The van der Waals surface area contributed by atoms with Crippen LogP contribution in [-0.2, 0) is 16.1 Å². The number of benzene rings is 1. The number of nitrogens with zero attached hydrogens (tertiary/aromatic N) is 1. The Labute approximate surface area is 139 Å². The van der Waals surface area contributed by atoms with Gasteiger partial charge in [-0.25, -0.2) is 4.79 Å². The first kappa shape index (κ1) is 19.5. The number of carbonyl (C=O) groups excluding carboxylic acids is 1. The van der Waals surface area contributed by atoms with Gasteiger partial charge in [0.1, 0.15) is 0 Å². The molecule has 5 nitrogen and oxygen atoms in total. The summed E-state index contributed by atoms with van der Waals surface area (Å²) in [7, 11) is 2.08. The summed E-state index contributed by atoms with van der Waals surface area (Å²) >= 11 is 0. The molecule has 0 aliphatic rings. The summed E-state index contributed by atoms with van der Waals surface area (Å²) < 4.78 is 10.6. The fourth-order valence-corrected chi connectivity index (χ4v) is 2.71. The minimum atomic E-state index is -0.716. The lowest BCUT2D eigenvalue weighted by atomic mass is 9.84. The molecule has 0 aliphatic heterocycles. The molecule has 0 spiro atoms. The van der Waals surface area contributed by atoms with Crippen LogP contribution in [0.4, 0.5) is 4.79 Å². The number of primary amides is 1. The smallest absolute Gasteiger partial charge is 0.404 e. The van der Waals surface area contributed by atoms with Crippen molar-refractivity contribution in [1.82, 2.24) is 4.90 Å². The second-order valence-electron chi connectivity index (χ2n) is 6.86. The van der Waals surface area contributed by atoms with Gasteiger partial charge < -0.3 is 20.1 Å². The Morgan fingerprint density at radius 3 is 2.43 bits per heavy atom. The highest BCUT2D eigenvalue weighted by Crippen LogP contribution is 2.26. The number of likely N-dealkylation sites (N-methyl/N-ethyl adjacent to an activating group) is 1. The van der Waals surface area contributed by atoms with Gasteiger partial charge in [-0.2, -0.15) is 0 Å². The summed E-state index contributed by atoms with van der Waals surface area (Å²) in [6.45, 7) is 9.00. The molecule has 1 aromatic carbocycles. The molecular formula is C18H30N2O3. The van der Waals surface area contributed by atoms with E-state index in [1.807, 2.05) is 18.2 Å². The Kier molecular flexibility index (Phi) is 8.06. The van der Waals surface area contributed by atoms with E-state index in [0.717, 1.165) is 13.0 Å². The zero-order chi connectivity index (χ0) is 17.3. The Balaban J connectivity index is 2.37. The third-order valence-electron chi connectivity index (χ3n) is 3.87. The standard InChI is InChI=1S/C18H30N2O3/c1-18(2,3)16(10-12-23-17(19)21)20(4)11-13-22-14-15-8-6-5-7-9-15/h5-9,16H,10-14H2,1-4H3,(H2,19,21). The van der Waals surface area contributed by atoms with Gasteiger partial charge in [0.05, 0.1) is 19.8 Å². The minimum absolute atomic E-state index is 0.0786. The first-order chi connectivity index (χ1) is 10.8. The van der Waals surface area contributed by atoms with E-state index in [1.165, 1.54) is 5.56 Å². The van der Waals surface area contributed by atoms with E-state index in [2.05, 4.69) is 44.9 Å². The van der Waals surface area contributed by atoms with Gasteiger partial charge in [-0.05, 0) is 24.4 Å². The van der Waals surface area contributed by atoms with Crippen molar-refractivity contribution in [1.29, 1.82) is 0 Å². The quantitative estimate of drug-likeness (QED) is 0.710. The molecule has 0 aliphatic carbocycles. The van der Waals surface area contributed by atoms with Crippen LogP contribution in [0.5, 0.6) is 0 Å². The van der Waals surface area contributed by atoms with Gasteiger partial charge in [-0.1, -0.05) is 51.1 Å². The predicted octanol–water partition coefficient (Wildman–Crippen LogP) is 3.04. The van der Waals surface area contributed by atoms with Crippen LogP contribution in [0.2, 0.25) is 0 Å². The molecular weight excluding hydrogens is 292 g/mol. The zero-order valence-electron chi connectivity index (χ0n) is 14.7. The van der Waals surface area contributed by atoms with E-state index in [1.54, 1.807) is 0 Å². The van der Waals surface area contributed by atoms with Crippen molar-refractivity contribution in [3.8, 4) is 0 Å². The fourth-order valence-electron chi connectivity index (χ4n) is 2.71. The largest absolute Gasteiger partial charge is 0.450 e. The van der Waals surface area contributed by atoms with Crippen molar-refractivity contribution in [2.45, 2.75) is 39.8 Å². The first-order valence-corrected chi connectivity index (χ1v) is 8.05. The van der Waals surface area contributed by atoms with E-state index in [9.17, 15) is 4.79 Å². The lowest BCUT2D eigenvalue weighted by Crippen LogP contribution is -2.44. The fraction of sp³-hybridized carbons (Fsp3) is 0.611. The highest BCUT2D eigenvalue weighted by molar-refractivity contribution is 5.64. The Morgan fingerprint density at radius 2 is 1.87 bits per heavy atom. The number of rotatable bonds is 9. The van der Waals surface area contributed by atoms with E-state index < -0.39 is 6.09 Å². The number of amides is 1. The summed E-state index contributed by atoms with van der Waals surface area (Å²) in [6, 6.07) is 10.4. The molecule has 1 atom stereocenters. The van der Waals surface area contributed by atoms with Crippen LogP contribution in [0.3, 0.4) is 0 Å². The maximum absolute atomic E-state index is 10.7. The van der Waals surface area contributed by atoms with Crippen LogP contribution in [0.1, 0.15) is 32.8 Å². The third-order valence-corrected chi connectivity index (χ3v) is 3.87. The molecule has 1 rings (SSSR count). The van der Waals surface area contributed by atoms with Crippen molar-refractivity contribution < 1.29 is 14.3 Å². The number of hydrogen-bond donors (Lipinski definition) is 1. The van der Waals surface area contributed by atoms with Crippen molar-refractivity contribution in [3.05, 3.63) is 35.9 Å². The number of hydrogen-bond acceptors (Lipinski definition) is 4. The van der Waals surface area contributed by atoms with Gasteiger partial charge in [-0.3, -0.25) is 0 Å². The van der Waals surface area contributed by atoms with Crippen molar-refractivity contribution in [2.24, 2.45) is 11.1 Å². The lowest BCUT2D eigenvalue weighted by Gasteiger charge is -2.38. The molecule has 0 fully saturated rings. The Bertz CT molecular complexity index is 457. The van der Waals surface area contributed by atoms with E-state index in [0.29, 0.717) is 19.8 Å². The lowest BCUT2D eigenvalue weighted by molar-refractivity contribution is 0.0478. The van der Waals surface area contributed by atoms with Crippen molar-refractivity contribution in [2.75, 3.05) is 26.8 Å². The monoisotopic (exact) mass is 322 g/mol. The second kappa shape index (κ2) is 9.53. The van der Waals surface area contributed by atoms with Crippen LogP contribution < -0.4 is 5.73 Å². The van der Waals surface area contributed by atoms with E-state index >= 15 is 0 Å². The molecule has 0 heterocycles. The molecule has 1 amide bonds. The molecule has 0 saturated heterocycles. The second-order valence-corrected chi connectivity index (χ2v) is 6.86. The molecule has 1 aromatic rings. The maximum Gasteiger partial charge on any atom is 0.404 e. The van der Waals surface area contributed by atoms with Crippen LogP contribution in [0, 0.1) is 5.41 Å². The van der Waals surface area contributed by atoms with Gasteiger partial charge >= 0.3 is 6.09 Å². The summed E-state index contributed by atoms with van der Waals surface area (Å²) in [5.41, 5.74) is 6.28. The van der Waals surface area contributed by atoms with Crippen LogP contribution in [0.25, 0.3) is 0 Å². The highest BCUT2D eigenvalue weighted by atomic mass is 16.5. The molecule has 0 aromatic heterocycles. The molecule has 130 valence electrons. The van der Waals surface area contributed by atoms with Crippen LogP contribution in [0.15, 0.2) is 30.3 Å². The predicted molar refractivity (Wildman–Crippen MR) is 92.1 cm³/mol. The summed E-state index contributed by atoms with van der Waals surface area (Å²) in [5, 5.41) is 0. The minimum Gasteiger partial charge on any atom is -0.450 e. The molecule has 1 unspecified atom stereocenters. The third kappa shape index (κ3) is 8.00. The molecule has 2 N–H and O–H groups in total. The van der Waals surface area contributed by atoms with Gasteiger partial charge in [-0.15, -0.1) is 0 Å². The molecule has 23 heavy (non-hydrogen) atoms. The SMILES string of the molecule is CN(CCOCc1ccccc1)C(CCOC(N)=O)C(C)(C)C. The summed E-state index contributed by atoms with van der Waals surface area (Å²) in [5.74, 6) is 0. The first-order valence-electron chi connectivity index (χ1n) is 8.05. The molecule has 5 heteroatoms. The van der Waals surface area contributed by atoms with E-state index in [-0.39, 0.29) is 11.5 Å². The number of nitrogens with two attached hydrogens (primary N) is 1. The number of ether oxygens (including phenoxy) is 2. The molecule has 0 saturated carbocycles. The van der Waals surface area contributed by atoms with Crippen molar-refractivity contribution >= 4 is 6.09 Å². The summed E-state index contributed by atoms with van der Waals surface area (Å²) in [4.78, 5) is 13.0. The Hall–Kier alpha value is -1.59. The average molecular weight is 322 g/mol. The van der Waals surface area contributed by atoms with Crippen LogP contribution in [-0.4, -0.2) is 43.8 Å². The van der Waals surface area contributed by atoms with E-state index in [4.69, 9.17) is 15.2 Å². The van der Waals surface area contributed by atoms with Gasteiger partial charge in [0.15, 0.2) is 0 Å².